The molecule has 0 atom stereocenters. The van der Waals surface area contributed by atoms with Crippen molar-refractivity contribution in [1.82, 2.24) is 25.7 Å². The topological polar surface area (TPSA) is 124 Å². The van der Waals surface area contributed by atoms with Crippen molar-refractivity contribution >= 4 is 42.1 Å². The van der Waals surface area contributed by atoms with Gasteiger partial charge in [-0.2, -0.15) is 0 Å². The Labute approximate surface area is 274 Å². The average Bonchev–Trinajstić information content (AvgIpc) is 3.07. The highest BCUT2D eigenvalue weighted by molar-refractivity contribution is 6.98. The number of allylic oxidation sites excluding steroid dienone is 5. The van der Waals surface area contributed by atoms with Gasteiger partial charge in [0.15, 0.2) is 12.0 Å². The molecule has 4 aromatic rings. The van der Waals surface area contributed by atoms with Crippen molar-refractivity contribution in [3.05, 3.63) is 124 Å². The number of amides is 1. The molecule has 0 radical (unpaired) electrons. The molecule has 6 rings (SSSR count). The summed E-state index contributed by atoms with van der Waals surface area (Å²) < 4.78 is 2.08. The number of carbonyl (C=O) groups is 2. The number of hydrogen-bond donors (Lipinski definition) is 2. The first-order valence-corrected chi connectivity index (χ1v) is 18.2. The molecule has 3 aromatic carbocycles. The SMILES string of the molecule is CN(C)c1ccc2c(c1)[Si](C)(C)C1=CC(=[N+](C)C)C=CC1=C2c1cc(C(=O)NCc2ccc(-c3nncnn3)cc2)ccc1C(=O)O. The maximum atomic E-state index is 13.5. The molecule has 2 aliphatic rings. The summed E-state index contributed by atoms with van der Waals surface area (Å²) in [6.07, 6.45) is 7.69. The van der Waals surface area contributed by atoms with E-state index in [1.54, 1.807) is 12.1 Å². The summed E-state index contributed by atoms with van der Waals surface area (Å²) in [5, 5.41) is 31.3. The number of anilines is 1. The van der Waals surface area contributed by atoms with Crippen LogP contribution in [-0.2, 0) is 6.54 Å². The smallest absolute Gasteiger partial charge is 0.336 e. The summed E-state index contributed by atoms with van der Waals surface area (Å²) in [7, 11) is 5.85. The van der Waals surface area contributed by atoms with Crippen LogP contribution in [0.3, 0.4) is 0 Å². The minimum Gasteiger partial charge on any atom is -0.478 e. The third kappa shape index (κ3) is 5.93. The number of carboxylic acids is 1. The Morgan fingerprint density at radius 3 is 2.30 bits per heavy atom. The summed E-state index contributed by atoms with van der Waals surface area (Å²) in [5.41, 5.74) is 7.69. The van der Waals surface area contributed by atoms with Crippen molar-refractivity contribution in [2.75, 3.05) is 33.1 Å². The normalized spacial score (nSPS) is 14.6. The van der Waals surface area contributed by atoms with Gasteiger partial charge in [-0.15, -0.1) is 20.4 Å². The van der Waals surface area contributed by atoms with E-state index in [2.05, 4.69) is 84.7 Å². The monoisotopic (exact) mass is 642 g/mol. The lowest BCUT2D eigenvalue weighted by Crippen LogP contribution is -2.49. The fraction of sp³-hybridized carbons (Fsp3) is 0.194. The molecule has 1 amide bonds. The van der Waals surface area contributed by atoms with E-state index in [4.69, 9.17) is 0 Å². The first-order valence-electron chi connectivity index (χ1n) is 15.2. The first kappa shape index (κ1) is 31.4. The van der Waals surface area contributed by atoms with Crippen LogP contribution in [-0.4, -0.2) is 83.9 Å². The van der Waals surface area contributed by atoms with Gasteiger partial charge in [-0.1, -0.05) is 43.4 Å². The number of rotatable bonds is 7. The molecule has 1 aliphatic carbocycles. The third-order valence-electron chi connectivity index (χ3n) is 8.78. The van der Waals surface area contributed by atoms with Gasteiger partial charge < -0.3 is 15.3 Å². The van der Waals surface area contributed by atoms with E-state index >= 15 is 0 Å². The van der Waals surface area contributed by atoms with Gasteiger partial charge in [0.1, 0.15) is 22.2 Å². The van der Waals surface area contributed by atoms with E-state index in [-0.39, 0.29) is 18.0 Å². The highest BCUT2D eigenvalue weighted by atomic mass is 28.3. The van der Waals surface area contributed by atoms with Gasteiger partial charge in [0.2, 0.25) is 5.82 Å². The predicted octanol–water partition coefficient (Wildman–Crippen LogP) is 4.11. The standard InChI is InChI=1S/C36H35N7O3Si/c1-42(2)25-12-15-28-31(18-25)47(5,6)32-19-26(43(3)4)13-16-29(32)33(28)30-17-24(11-14-27(30)36(45)46)35(44)37-20-22-7-9-23(10-8-22)34-40-38-21-39-41-34/h7-19,21H,20H2,1-6H3,(H-,37,44,45,46)/p+1. The molecular weight excluding hydrogens is 607 g/mol. The molecule has 1 aliphatic heterocycles. The summed E-state index contributed by atoms with van der Waals surface area (Å²) >= 11 is 0. The van der Waals surface area contributed by atoms with E-state index in [1.807, 2.05) is 52.5 Å². The van der Waals surface area contributed by atoms with Gasteiger partial charge in [0.25, 0.3) is 5.91 Å². The molecule has 11 heteroatoms. The lowest BCUT2D eigenvalue weighted by atomic mass is 9.86. The number of aromatic nitrogens is 4. The molecule has 2 heterocycles. The van der Waals surface area contributed by atoms with Crippen LogP contribution in [0.4, 0.5) is 5.69 Å². The van der Waals surface area contributed by atoms with Crippen molar-refractivity contribution in [3.8, 4) is 11.4 Å². The maximum absolute atomic E-state index is 13.5. The lowest BCUT2D eigenvalue weighted by molar-refractivity contribution is -0.462. The molecule has 2 N–H and O–H groups in total. The molecule has 236 valence electrons. The second-order valence-electron chi connectivity index (χ2n) is 12.6. The van der Waals surface area contributed by atoms with Gasteiger partial charge in [-0.25, -0.2) is 9.37 Å². The van der Waals surface area contributed by atoms with Crippen LogP contribution in [0.5, 0.6) is 0 Å². The number of benzene rings is 3. The number of aromatic carboxylic acids is 1. The van der Waals surface area contributed by atoms with Gasteiger partial charge in [-0.3, -0.25) is 4.79 Å². The van der Waals surface area contributed by atoms with Crippen LogP contribution in [0, 0.1) is 0 Å². The summed E-state index contributed by atoms with van der Waals surface area (Å²) in [6.45, 7) is 4.97. The molecule has 0 spiro atoms. The van der Waals surface area contributed by atoms with Gasteiger partial charge in [0.05, 0.1) is 5.56 Å². The molecule has 0 saturated heterocycles. The van der Waals surface area contributed by atoms with Crippen LogP contribution in [0.1, 0.15) is 37.4 Å². The zero-order valence-corrected chi connectivity index (χ0v) is 28.2. The maximum Gasteiger partial charge on any atom is 0.336 e. The lowest BCUT2D eigenvalue weighted by Gasteiger charge is -2.38. The van der Waals surface area contributed by atoms with E-state index in [9.17, 15) is 14.7 Å². The molecule has 0 saturated carbocycles. The van der Waals surface area contributed by atoms with Gasteiger partial charge >= 0.3 is 5.97 Å². The molecular formula is C36H36N7O3Si+. The Kier molecular flexibility index (Phi) is 8.25. The Balaban J connectivity index is 1.42. The molecule has 10 nitrogen and oxygen atoms in total. The highest BCUT2D eigenvalue weighted by Gasteiger charge is 2.41. The van der Waals surface area contributed by atoms with E-state index in [0.29, 0.717) is 17.0 Å². The first-order chi connectivity index (χ1) is 22.5. The Morgan fingerprint density at radius 2 is 1.64 bits per heavy atom. The van der Waals surface area contributed by atoms with E-state index in [0.717, 1.165) is 39.2 Å². The van der Waals surface area contributed by atoms with Crippen molar-refractivity contribution in [1.29, 1.82) is 0 Å². The van der Waals surface area contributed by atoms with Crippen molar-refractivity contribution < 1.29 is 19.3 Å². The number of nitrogens with zero attached hydrogens (tertiary/aromatic N) is 6. The number of carbonyl (C=O) groups excluding carboxylic acids is 1. The zero-order chi connectivity index (χ0) is 33.5. The van der Waals surface area contributed by atoms with Crippen LogP contribution in [0.2, 0.25) is 13.1 Å². The number of hydrogen-bond acceptors (Lipinski definition) is 7. The number of nitrogens with one attached hydrogen (secondary N) is 1. The Morgan fingerprint density at radius 1 is 0.915 bits per heavy atom. The van der Waals surface area contributed by atoms with Crippen molar-refractivity contribution in [2.24, 2.45) is 0 Å². The van der Waals surface area contributed by atoms with Gasteiger partial charge in [0, 0.05) is 49.6 Å². The second-order valence-corrected chi connectivity index (χ2v) is 16.9. The van der Waals surface area contributed by atoms with E-state index < -0.39 is 14.0 Å². The van der Waals surface area contributed by atoms with Crippen LogP contribution < -0.4 is 15.4 Å². The third-order valence-corrected chi connectivity index (χ3v) is 12.3. The minimum absolute atomic E-state index is 0.144. The summed E-state index contributed by atoms with van der Waals surface area (Å²) in [4.78, 5) is 28.3. The summed E-state index contributed by atoms with van der Waals surface area (Å²) in [6, 6.07) is 18.7. The molecule has 0 fully saturated rings. The summed E-state index contributed by atoms with van der Waals surface area (Å²) in [5.74, 6) is -0.934. The molecule has 0 bridgehead atoms. The molecule has 0 unspecified atom stereocenters. The predicted molar refractivity (Wildman–Crippen MR) is 186 cm³/mol. The van der Waals surface area contributed by atoms with Gasteiger partial charge in [-0.05, 0) is 74.6 Å². The average molecular weight is 643 g/mol. The van der Waals surface area contributed by atoms with E-state index in [1.165, 1.54) is 22.8 Å². The number of fused-ring (bicyclic) bond motifs is 2. The number of carboxylic acid groups (broad SMARTS) is 1. The Hall–Kier alpha value is -5.55. The fourth-order valence-electron chi connectivity index (χ4n) is 6.13. The molecule has 1 aromatic heterocycles. The van der Waals surface area contributed by atoms with Crippen molar-refractivity contribution in [3.63, 3.8) is 0 Å². The second kappa shape index (κ2) is 12.3. The van der Waals surface area contributed by atoms with Crippen molar-refractivity contribution in [2.45, 2.75) is 19.6 Å². The fourth-order valence-corrected chi connectivity index (χ4v) is 9.20. The van der Waals surface area contributed by atoms with Crippen LogP contribution >= 0.6 is 0 Å². The minimum atomic E-state index is -2.23. The molecule has 47 heavy (non-hydrogen) atoms. The highest BCUT2D eigenvalue weighted by Crippen LogP contribution is 2.43. The quantitative estimate of drug-likeness (QED) is 0.228. The van der Waals surface area contributed by atoms with Crippen LogP contribution in [0.25, 0.3) is 17.0 Å². The van der Waals surface area contributed by atoms with Crippen LogP contribution in [0.15, 0.2) is 96.0 Å². The largest absolute Gasteiger partial charge is 0.478 e. The Bertz CT molecular complexity index is 2040. The zero-order valence-electron chi connectivity index (χ0n) is 27.2.